The van der Waals surface area contributed by atoms with Gasteiger partial charge in [0, 0.05) is 16.3 Å². The Morgan fingerprint density at radius 1 is 1.10 bits per heavy atom. The molecule has 0 radical (unpaired) electrons. The van der Waals surface area contributed by atoms with Gasteiger partial charge in [-0.2, -0.15) is 5.10 Å². The van der Waals surface area contributed by atoms with Crippen LogP contribution in [0.1, 0.15) is 10.5 Å². The zero-order valence-electron chi connectivity index (χ0n) is 15.2. The summed E-state index contributed by atoms with van der Waals surface area (Å²) >= 11 is 1.18. The second-order valence-corrected chi connectivity index (χ2v) is 6.97. The van der Waals surface area contributed by atoms with E-state index in [2.05, 4.69) is 20.5 Å². The van der Waals surface area contributed by atoms with Gasteiger partial charge in [0.1, 0.15) is 5.82 Å². The molecular weight excluding hydrogens is 411 g/mol. The highest BCUT2D eigenvalue weighted by Crippen LogP contribution is 2.25. The Labute approximate surface area is 172 Å². The number of rotatable bonds is 5. The normalized spacial score (nSPS) is 10.7. The molecule has 1 amide bonds. The molecule has 0 saturated heterocycles. The average molecular weight is 424 g/mol. The van der Waals surface area contributed by atoms with Crippen LogP contribution in [0.3, 0.4) is 0 Å². The molecule has 0 saturated carbocycles. The zero-order chi connectivity index (χ0) is 21.1. The summed E-state index contributed by atoms with van der Waals surface area (Å²) in [5.41, 5.74) is 0.762. The fraction of sp³-hybridized carbons (Fsp3) is 0.0500. The van der Waals surface area contributed by atoms with Crippen molar-refractivity contribution >= 4 is 39.1 Å². The maximum atomic E-state index is 13.0. The van der Waals surface area contributed by atoms with Crippen molar-refractivity contribution < 1.29 is 18.7 Å². The van der Waals surface area contributed by atoms with Crippen molar-refractivity contribution in [2.24, 2.45) is 0 Å². The van der Waals surface area contributed by atoms with Crippen molar-refractivity contribution in [2.75, 3.05) is 11.9 Å². The summed E-state index contributed by atoms with van der Waals surface area (Å²) in [7, 11) is 0. The van der Waals surface area contributed by atoms with Gasteiger partial charge in [-0.15, -0.1) is 11.3 Å². The zero-order valence-corrected chi connectivity index (χ0v) is 16.0. The van der Waals surface area contributed by atoms with Crippen molar-refractivity contribution in [1.82, 2.24) is 15.2 Å². The van der Waals surface area contributed by atoms with Gasteiger partial charge in [-0.05, 0) is 30.3 Å². The van der Waals surface area contributed by atoms with Crippen molar-refractivity contribution in [3.05, 3.63) is 75.8 Å². The Hall–Kier alpha value is -3.92. The van der Waals surface area contributed by atoms with Gasteiger partial charge in [0.15, 0.2) is 17.4 Å². The molecule has 2 aromatic heterocycles. The standard InChI is InChI=1S/C20H13FN4O4S/c21-12-7-5-11(6-8-12)15-10-30-20(22-15)23-16(26)9-29-19(28)17-13-3-1-2-4-14(13)18(27)25-24-17/h1-8,10H,9H2,(H,25,27)(H,22,23,26). The molecule has 0 fully saturated rings. The lowest BCUT2D eigenvalue weighted by Crippen LogP contribution is -2.22. The van der Waals surface area contributed by atoms with E-state index in [-0.39, 0.29) is 11.5 Å². The van der Waals surface area contributed by atoms with Gasteiger partial charge in [0.2, 0.25) is 0 Å². The molecule has 4 rings (SSSR count). The number of H-pyrrole nitrogens is 1. The van der Waals surface area contributed by atoms with Crippen LogP contribution >= 0.6 is 11.3 Å². The number of fused-ring (bicyclic) bond motifs is 1. The lowest BCUT2D eigenvalue weighted by Gasteiger charge is -2.06. The molecule has 4 aromatic rings. The maximum Gasteiger partial charge on any atom is 0.359 e. The van der Waals surface area contributed by atoms with Gasteiger partial charge < -0.3 is 4.74 Å². The molecule has 0 unspecified atom stereocenters. The molecule has 0 bridgehead atoms. The Balaban J connectivity index is 1.40. The van der Waals surface area contributed by atoms with Crippen molar-refractivity contribution in [2.45, 2.75) is 0 Å². The predicted octanol–water partition coefficient (Wildman–Crippen LogP) is 2.98. The second kappa shape index (κ2) is 8.21. The van der Waals surface area contributed by atoms with E-state index in [9.17, 15) is 18.8 Å². The Kier molecular flexibility index (Phi) is 5.31. The molecule has 2 aromatic carbocycles. The van der Waals surface area contributed by atoms with E-state index in [1.165, 1.54) is 23.5 Å². The largest absolute Gasteiger partial charge is 0.451 e. The van der Waals surface area contributed by atoms with Crippen molar-refractivity contribution in [3.8, 4) is 11.3 Å². The number of hydrogen-bond acceptors (Lipinski definition) is 7. The van der Waals surface area contributed by atoms with Crippen LogP contribution in [0, 0.1) is 5.82 Å². The summed E-state index contributed by atoms with van der Waals surface area (Å²) < 4.78 is 18.0. The summed E-state index contributed by atoms with van der Waals surface area (Å²) in [6.07, 6.45) is 0. The molecule has 2 N–H and O–H groups in total. The Bertz CT molecular complexity index is 1300. The minimum Gasteiger partial charge on any atom is -0.451 e. The number of nitrogens with zero attached hydrogens (tertiary/aromatic N) is 2. The number of halogens is 1. The van der Waals surface area contributed by atoms with Gasteiger partial charge in [-0.3, -0.25) is 14.9 Å². The van der Waals surface area contributed by atoms with Crippen LogP contribution < -0.4 is 10.9 Å². The van der Waals surface area contributed by atoms with E-state index in [0.717, 1.165) is 0 Å². The number of nitrogens with one attached hydrogen (secondary N) is 2. The van der Waals surface area contributed by atoms with Crippen LogP contribution in [0.4, 0.5) is 9.52 Å². The first-order valence-electron chi connectivity index (χ1n) is 8.67. The number of carbonyl (C=O) groups is 2. The minimum absolute atomic E-state index is 0.0918. The van der Waals surface area contributed by atoms with Crippen LogP contribution in [-0.2, 0) is 9.53 Å². The highest BCUT2D eigenvalue weighted by atomic mass is 32.1. The third-order valence-electron chi connectivity index (χ3n) is 4.11. The molecule has 0 aliphatic rings. The van der Waals surface area contributed by atoms with Crippen LogP contribution in [0.2, 0.25) is 0 Å². The number of benzene rings is 2. The molecule has 10 heteroatoms. The lowest BCUT2D eigenvalue weighted by molar-refractivity contribution is -0.119. The summed E-state index contributed by atoms with van der Waals surface area (Å²) in [6, 6.07) is 12.3. The third-order valence-corrected chi connectivity index (χ3v) is 4.87. The second-order valence-electron chi connectivity index (χ2n) is 6.12. The van der Waals surface area contributed by atoms with Crippen LogP contribution in [-0.4, -0.2) is 33.7 Å². The van der Waals surface area contributed by atoms with E-state index in [0.29, 0.717) is 27.2 Å². The van der Waals surface area contributed by atoms with E-state index in [4.69, 9.17) is 4.74 Å². The van der Waals surface area contributed by atoms with E-state index in [1.807, 2.05) is 0 Å². The first kappa shape index (κ1) is 19.4. The summed E-state index contributed by atoms with van der Waals surface area (Å²) in [5.74, 6) is -1.78. The van der Waals surface area contributed by atoms with E-state index >= 15 is 0 Å². The number of thiazole rings is 1. The molecule has 0 spiro atoms. The molecule has 0 aliphatic carbocycles. The van der Waals surface area contributed by atoms with Crippen molar-refractivity contribution in [1.29, 1.82) is 0 Å². The van der Waals surface area contributed by atoms with E-state index < -0.39 is 24.0 Å². The molecule has 0 aliphatic heterocycles. The number of anilines is 1. The number of esters is 1. The van der Waals surface area contributed by atoms with Crippen LogP contribution in [0.25, 0.3) is 22.0 Å². The fourth-order valence-corrected chi connectivity index (χ4v) is 3.45. The average Bonchev–Trinajstić information content (AvgIpc) is 3.21. The van der Waals surface area contributed by atoms with Crippen molar-refractivity contribution in [3.63, 3.8) is 0 Å². The van der Waals surface area contributed by atoms with Gasteiger partial charge >= 0.3 is 5.97 Å². The summed E-state index contributed by atoms with van der Waals surface area (Å²) in [6.45, 7) is -0.556. The molecule has 30 heavy (non-hydrogen) atoms. The number of hydrogen-bond donors (Lipinski definition) is 2. The number of aromatic amines is 1. The molecule has 8 nitrogen and oxygen atoms in total. The number of amides is 1. The minimum atomic E-state index is -0.844. The van der Waals surface area contributed by atoms with Gasteiger partial charge in [-0.25, -0.2) is 19.3 Å². The molecule has 150 valence electrons. The topological polar surface area (TPSA) is 114 Å². The SMILES string of the molecule is O=C(COC(=O)c1n[nH]c(=O)c2ccccc12)Nc1nc(-c2ccc(F)cc2)cs1. The van der Waals surface area contributed by atoms with Gasteiger partial charge in [0.05, 0.1) is 11.1 Å². The van der Waals surface area contributed by atoms with Gasteiger partial charge in [0.25, 0.3) is 11.5 Å². The Morgan fingerprint density at radius 3 is 2.60 bits per heavy atom. The first-order chi connectivity index (χ1) is 14.5. The maximum absolute atomic E-state index is 13.0. The van der Waals surface area contributed by atoms with Crippen LogP contribution in [0.15, 0.2) is 58.7 Å². The number of aromatic nitrogens is 3. The fourth-order valence-electron chi connectivity index (χ4n) is 2.71. The lowest BCUT2D eigenvalue weighted by atomic mass is 10.1. The molecule has 0 atom stereocenters. The summed E-state index contributed by atoms with van der Waals surface area (Å²) in [4.78, 5) is 40.5. The third kappa shape index (κ3) is 4.08. The molecular formula is C20H13FN4O4S. The summed E-state index contributed by atoms with van der Waals surface area (Å²) in [5, 5.41) is 11.1. The smallest absolute Gasteiger partial charge is 0.359 e. The number of carbonyl (C=O) groups excluding carboxylic acids is 2. The Morgan fingerprint density at radius 2 is 1.83 bits per heavy atom. The highest BCUT2D eigenvalue weighted by Gasteiger charge is 2.17. The predicted molar refractivity (Wildman–Crippen MR) is 109 cm³/mol. The number of ether oxygens (including phenoxy) is 1. The first-order valence-corrected chi connectivity index (χ1v) is 9.55. The molecule has 2 heterocycles. The van der Waals surface area contributed by atoms with Crippen LogP contribution in [0.5, 0.6) is 0 Å². The van der Waals surface area contributed by atoms with E-state index in [1.54, 1.807) is 41.8 Å². The monoisotopic (exact) mass is 424 g/mol. The highest BCUT2D eigenvalue weighted by molar-refractivity contribution is 7.14. The quantitative estimate of drug-likeness (QED) is 0.476. The van der Waals surface area contributed by atoms with Gasteiger partial charge in [-0.1, -0.05) is 18.2 Å².